The summed E-state index contributed by atoms with van der Waals surface area (Å²) in [6.07, 6.45) is 1.94. The molecule has 1 aromatic heterocycles. The molecule has 2 rings (SSSR count). The first-order valence-corrected chi connectivity index (χ1v) is 6.15. The average Bonchev–Trinajstić information content (AvgIpc) is 2.20. The van der Waals surface area contributed by atoms with Crippen LogP contribution in [0.5, 0.6) is 0 Å². The number of pyridine rings is 1. The van der Waals surface area contributed by atoms with Crippen molar-refractivity contribution in [3.05, 3.63) is 23.0 Å². The van der Waals surface area contributed by atoms with Gasteiger partial charge in [-0.15, -0.1) is 0 Å². The topological polar surface area (TPSA) is 105 Å². The lowest BCUT2D eigenvalue weighted by molar-refractivity contribution is -0.145. The predicted octanol–water partition coefficient (Wildman–Crippen LogP) is 1.22. The number of amides is 1. The summed E-state index contributed by atoms with van der Waals surface area (Å²) in [7, 11) is 0. The fourth-order valence-corrected chi connectivity index (χ4v) is 2.42. The average molecular weight is 263 g/mol. The number of carbonyl (C=O) groups is 2. The third-order valence-electron chi connectivity index (χ3n) is 3.57. The van der Waals surface area contributed by atoms with Gasteiger partial charge in [0.05, 0.1) is 16.9 Å². The van der Waals surface area contributed by atoms with E-state index in [1.165, 1.54) is 0 Å². The number of carboxylic acids is 1. The fraction of sp³-hybridized carbons (Fsp3) is 0.462. The van der Waals surface area contributed by atoms with Crippen molar-refractivity contribution in [3.8, 4) is 0 Å². The van der Waals surface area contributed by atoms with Gasteiger partial charge in [-0.3, -0.25) is 9.78 Å². The van der Waals surface area contributed by atoms with E-state index in [0.29, 0.717) is 29.9 Å². The molecule has 4 N–H and O–H groups in total. The molecule has 0 unspecified atom stereocenters. The third-order valence-corrected chi connectivity index (χ3v) is 3.57. The summed E-state index contributed by atoms with van der Waals surface area (Å²) in [5.74, 6) is -1.51. The molecule has 0 saturated heterocycles. The number of primary amides is 1. The van der Waals surface area contributed by atoms with Gasteiger partial charge in [0.1, 0.15) is 5.54 Å². The Hall–Kier alpha value is -2.11. The maximum absolute atomic E-state index is 11.5. The van der Waals surface area contributed by atoms with Gasteiger partial charge in [0.2, 0.25) is 0 Å². The van der Waals surface area contributed by atoms with Crippen LogP contribution in [0.15, 0.2) is 6.07 Å². The molecule has 1 aromatic rings. The van der Waals surface area contributed by atoms with E-state index in [9.17, 15) is 14.7 Å². The van der Waals surface area contributed by atoms with Gasteiger partial charge in [-0.25, -0.2) is 4.79 Å². The van der Waals surface area contributed by atoms with Crippen LogP contribution >= 0.6 is 0 Å². The van der Waals surface area contributed by atoms with E-state index < -0.39 is 17.4 Å². The van der Waals surface area contributed by atoms with E-state index in [2.05, 4.69) is 10.3 Å². The Morgan fingerprint density at radius 1 is 1.42 bits per heavy atom. The Morgan fingerprint density at radius 2 is 2.05 bits per heavy atom. The minimum Gasteiger partial charge on any atom is -0.480 e. The van der Waals surface area contributed by atoms with Crippen LogP contribution in [0.2, 0.25) is 0 Å². The fourth-order valence-electron chi connectivity index (χ4n) is 2.42. The van der Waals surface area contributed by atoms with Crippen molar-refractivity contribution in [2.75, 3.05) is 5.32 Å². The lowest BCUT2D eigenvalue weighted by Gasteiger charge is -2.39. The van der Waals surface area contributed by atoms with E-state index in [-0.39, 0.29) is 5.56 Å². The van der Waals surface area contributed by atoms with Gasteiger partial charge in [0, 0.05) is 5.69 Å². The second kappa shape index (κ2) is 4.53. The molecular formula is C13H17N3O3. The molecule has 19 heavy (non-hydrogen) atoms. The molecule has 0 bridgehead atoms. The molecule has 6 nitrogen and oxygen atoms in total. The van der Waals surface area contributed by atoms with E-state index in [0.717, 1.165) is 6.42 Å². The second-order valence-electron chi connectivity index (χ2n) is 5.00. The lowest BCUT2D eigenvalue weighted by atomic mass is 9.76. The summed E-state index contributed by atoms with van der Waals surface area (Å²) in [4.78, 5) is 27.1. The van der Waals surface area contributed by atoms with E-state index in [1.54, 1.807) is 19.9 Å². The molecule has 1 aliphatic rings. The van der Waals surface area contributed by atoms with Crippen LogP contribution in [0.25, 0.3) is 0 Å². The monoisotopic (exact) mass is 263 g/mol. The zero-order valence-electron chi connectivity index (χ0n) is 11.0. The molecule has 0 aliphatic heterocycles. The number of carbonyl (C=O) groups excluding carboxylic acids is 1. The number of rotatable bonds is 4. The number of hydrogen-bond donors (Lipinski definition) is 3. The smallest absolute Gasteiger partial charge is 0.329 e. The third kappa shape index (κ3) is 2.25. The summed E-state index contributed by atoms with van der Waals surface area (Å²) >= 11 is 0. The molecule has 102 valence electrons. The number of nitrogens with one attached hydrogen (secondary N) is 1. The highest BCUT2D eigenvalue weighted by Gasteiger charge is 2.45. The molecule has 1 saturated carbocycles. The lowest BCUT2D eigenvalue weighted by Crippen LogP contribution is -2.52. The van der Waals surface area contributed by atoms with Gasteiger partial charge in [-0.1, -0.05) is 0 Å². The van der Waals surface area contributed by atoms with E-state index in [1.807, 2.05) is 0 Å². The Kier molecular flexibility index (Phi) is 3.18. The number of nitrogens with zero attached hydrogens (tertiary/aromatic N) is 1. The zero-order valence-corrected chi connectivity index (χ0v) is 11.0. The van der Waals surface area contributed by atoms with Gasteiger partial charge in [0.15, 0.2) is 0 Å². The summed E-state index contributed by atoms with van der Waals surface area (Å²) < 4.78 is 0. The van der Waals surface area contributed by atoms with E-state index >= 15 is 0 Å². The normalized spacial score (nSPS) is 16.5. The SMILES string of the molecule is Cc1cc(NC2(C(=O)O)CCC2)c(C(N)=O)c(C)n1. The molecule has 0 aromatic carbocycles. The predicted molar refractivity (Wildman–Crippen MR) is 70.1 cm³/mol. The molecule has 1 aliphatic carbocycles. The summed E-state index contributed by atoms with van der Waals surface area (Å²) in [5, 5.41) is 12.3. The van der Waals surface area contributed by atoms with Crippen LogP contribution in [0, 0.1) is 13.8 Å². The van der Waals surface area contributed by atoms with Crippen LogP contribution < -0.4 is 11.1 Å². The van der Waals surface area contributed by atoms with Crippen molar-refractivity contribution in [3.63, 3.8) is 0 Å². The van der Waals surface area contributed by atoms with Gasteiger partial charge in [0.25, 0.3) is 5.91 Å². The molecule has 1 fully saturated rings. The number of aliphatic carboxylic acids is 1. The Balaban J connectivity index is 2.44. The number of anilines is 1. The van der Waals surface area contributed by atoms with Crippen molar-refractivity contribution in [2.24, 2.45) is 5.73 Å². The molecule has 0 spiro atoms. The van der Waals surface area contributed by atoms with Crippen LogP contribution in [0.1, 0.15) is 41.0 Å². The summed E-state index contributed by atoms with van der Waals surface area (Å²) in [6, 6.07) is 1.66. The second-order valence-corrected chi connectivity index (χ2v) is 5.00. The van der Waals surface area contributed by atoms with Crippen molar-refractivity contribution in [1.82, 2.24) is 4.98 Å². The minimum atomic E-state index is -0.982. The molecule has 1 amide bonds. The Labute approximate surface area is 111 Å². The Morgan fingerprint density at radius 3 is 2.47 bits per heavy atom. The number of aryl methyl sites for hydroxylation is 2. The quantitative estimate of drug-likeness (QED) is 0.757. The van der Waals surface area contributed by atoms with Crippen LogP contribution in [0.3, 0.4) is 0 Å². The van der Waals surface area contributed by atoms with Gasteiger partial charge in [-0.2, -0.15) is 0 Å². The largest absolute Gasteiger partial charge is 0.480 e. The van der Waals surface area contributed by atoms with Crippen molar-refractivity contribution in [2.45, 2.75) is 38.6 Å². The first-order valence-electron chi connectivity index (χ1n) is 6.15. The van der Waals surface area contributed by atoms with Crippen LogP contribution in [-0.4, -0.2) is 27.5 Å². The van der Waals surface area contributed by atoms with Gasteiger partial charge >= 0.3 is 5.97 Å². The number of aromatic nitrogens is 1. The first-order chi connectivity index (χ1) is 8.85. The molecule has 0 atom stereocenters. The summed E-state index contributed by atoms with van der Waals surface area (Å²) in [6.45, 7) is 3.48. The first kappa shape index (κ1) is 13.3. The highest BCUT2D eigenvalue weighted by atomic mass is 16.4. The summed E-state index contributed by atoms with van der Waals surface area (Å²) in [5.41, 5.74) is 6.31. The van der Waals surface area contributed by atoms with Crippen molar-refractivity contribution < 1.29 is 14.7 Å². The molecule has 0 radical (unpaired) electrons. The van der Waals surface area contributed by atoms with Crippen molar-refractivity contribution in [1.29, 1.82) is 0 Å². The van der Waals surface area contributed by atoms with Crippen molar-refractivity contribution >= 4 is 17.6 Å². The van der Waals surface area contributed by atoms with Gasteiger partial charge in [-0.05, 0) is 39.2 Å². The molecular weight excluding hydrogens is 246 g/mol. The van der Waals surface area contributed by atoms with Gasteiger partial charge < -0.3 is 16.2 Å². The van der Waals surface area contributed by atoms with Crippen LogP contribution in [0.4, 0.5) is 5.69 Å². The standard InChI is InChI=1S/C13H17N3O3/c1-7-6-9(10(11(14)17)8(2)15-7)16-13(12(18)19)4-3-5-13/h6H,3-5H2,1-2H3,(H2,14,17)(H,15,16)(H,18,19). The number of nitrogens with two attached hydrogens (primary N) is 1. The number of hydrogen-bond acceptors (Lipinski definition) is 4. The Bertz CT molecular complexity index is 550. The van der Waals surface area contributed by atoms with Crippen LogP contribution in [-0.2, 0) is 4.79 Å². The minimum absolute atomic E-state index is 0.262. The zero-order chi connectivity index (χ0) is 14.2. The highest BCUT2D eigenvalue weighted by Crippen LogP contribution is 2.36. The van der Waals surface area contributed by atoms with E-state index in [4.69, 9.17) is 5.73 Å². The maximum atomic E-state index is 11.5. The molecule has 1 heterocycles. The highest BCUT2D eigenvalue weighted by molar-refractivity contribution is 6.00. The maximum Gasteiger partial charge on any atom is 0.329 e. The molecule has 6 heteroatoms. The number of carboxylic acid groups (broad SMARTS) is 1.